The Bertz CT molecular complexity index is 2310. The molecule has 6 aromatic carbocycles. The van der Waals surface area contributed by atoms with E-state index in [-0.39, 0.29) is 25.2 Å². The normalized spacial score (nSPS) is 12.2. The maximum atomic E-state index is 12.0. The molecule has 2 heterocycles. The number of nitrogens with one attached hydrogen (secondary N) is 1. The van der Waals surface area contributed by atoms with E-state index >= 15 is 0 Å². The molecule has 0 saturated carbocycles. The number of benzene rings is 6. The van der Waals surface area contributed by atoms with Crippen LogP contribution in [0.4, 0.5) is 5.82 Å². The molecule has 8 nitrogen and oxygen atoms in total. The van der Waals surface area contributed by atoms with Gasteiger partial charge in [-0.05, 0) is 33.4 Å². The van der Waals surface area contributed by atoms with Crippen LogP contribution in [-0.2, 0) is 25.4 Å². The second-order valence-corrected chi connectivity index (χ2v) is 13.9. The van der Waals surface area contributed by atoms with Crippen molar-refractivity contribution in [1.82, 2.24) is 19.5 Å². The van der Waals surface area contributed by atoms with Crippen LogP contribution in [0, 0.1) is 0 Å². The first-order chi connectivity index (χ1) is 28.1. The van der Waals surface area contributed by atoms with E-state index in [0.717, 1.165) is 33.4 Å². The van der Waals surface area contributed by atoms with Crippen LogP contribution in [0.3, 0.4) is 0 Å². The molecule has 1 unspecified atom stereocenters. The van der Waals surface area contributed by atoms with Crippen LogP contribution >= 0.6 is 0 Å². The molecule has 0 aliphatic rings. The fraction of sp³-hybridized carbons (Fsp3) is 0.143. The van der Waals surface area contributed by atoms with Crippen molar-refractivity contribution in [3.05, 3.63) is 228 Å². The Labute approximate surface area is 332 Å². The van der Waals surface area contributed by atoms with Gasteiger partial charge in [0.2, 0.25) is 0 Å². The molecule has 1 N–H and O–H groups in total. The van der Waals surface area contributed by atoms with Gasteiger partial charge in [0.05, 0.1) is 25.6 Å². The lowest BCUT2D eigenvalue weighted by molar-refractivity contribution is -0.141. The van der Waals surface area contributed by atoms with Crippen LogP contribution in [0.1, 0.15) is 52.8 Å². The minimum atomic E-state index is -0.956. The van der Waals surface area contributed by atoms with E-state index in [0.29, 0.717) is 23.4 Å². The molecule has 0 saturated heterocycles. The number of imidazole rings is 1. The minimum absolute atomic E-state index is 0.188. The highest BCUT2D eigenvalue weighted by molar-refractivity contribution is 5.84. The van der Waals surface area contributed by atoms with Crippen LogP contribution < -0.4 is 5.32 Å². The van der Waals surface area contributed by atoms with E-state index in [2.05, 4.69) is 115 Å². The van der Waals surface area contributed by atoms with E-state index in [1.165, 1.54) is 6.92 Å². The highest BCUT2D eigenvalue weighted by Crippen LogP contribution is 2.43. The summed E-state index contributed by atoms with van der Waals surface area (Å²) in [7, 11) is 0. The largest absolute Gasteiger partial charge is 0.466 e. The summed E-state index contributed by atoms with van der Waals surface area (Å²) in [5.74, 6) is 0.229. The number of carbonyl (C=O) groups excluding carboxylic acids is 1. The smallest absolute Gasteiger partial charge is 0.302 e. The number of hydrogen-bond donors (Lipinski definition) is 1. The SMILES string of the molecule is CC(=O)OCCC(COC(c1ccccc1)(c1ccccc1)c1ccccc1)n1cnc2c(NC(c3ccccc3)(c3ccccc3)c3ccccc3)ncnc21. The van der Waals surface area contributed by atoms with Crippen molar-refractivity contribution in [2.45, 2.75) is 30.5 Å². The Morgan fingerprint density at radius 3 is 1.44 bits per heavy atom. The van der Waals surface area contributed by atoms with Gasteiger partial charge >= 0.3 is 5.97 Å². The third-order valence-corrected chi connectivity index (χ3v) is 10.5. The van der Waals surface area contributed by atoms with Crippen LogP contribution in [0.2, 0.25) is 0 Å². The zero-order valence-electron chi connectivity index (χ0n) is 31.7. The van der Waals surface area contributed by atoms with Crippen molar-refractivity contribution in [2.24, 2.45) is 0 Å². The lowest BCUT2D eigenvalue weighted by atomic mass is 9.77. The third kappa shape index (κ3) is 7.43. The van der Waals surface area contributed by atoms with Crippen molar-refractivity contribution in [2.75, 3.05) is 18.5 Å². The van der Waals surface area contributed by atoms with Crippen molar-refractivity contribution < 1.29 is 14.3 Å². The number of ether oxygens (including phenoxy) is 2. The topological polar surface area (TPSA) is 91.2 Å². The van der Waals surface area contributed by atoms with Crippen LogP contribution in [0.25, 0.3) is 11.2 Å². The highest BCUT2D eigenvalue weighted by atomic mass is 16.5. The van der Waals surface area contributed by atoms with Gasteiger partial charge in [-0.3, -0.25) is 4.79 Å². The molecule has 0 bridgehead atoms. The van der Waals surface area contributed by atoms with Gasteiger partial charge in [0.15, 0.2) is 11.5 Å². The Hall–Kier alpha value is -6.90. The molecule has 0 spiro atoms. The summed E-state index contributed by atoms with van der Waals surface area (Å²) in [6, 6.07) is 61.7. The third-order valence-electron chi connectivity index (χ3n) is 10.5. The van der Waals surface area contributed by atoms with Gasteiger partial charge < -0.3 is 19.4 Å². The first kappa shape index (κ1) is 37.0. The molecule has 8 heteroatoms. The van der Waals surface area contributed by atoms with Gasteiger partial charge in [-0.15, -0.1) is 0 Å². The quantitative estimate of drug-likeness (QED) is 0.0825. The van der Waals surface area contributed by atoms with Crippen molar-refractivity contribution >= 4 is 23.0 Å². The molecule has 282 valence electrons. The number of fused-ring (bicyclic) bond motifs is 1. The second-order valence-electron chi connectivity index (χ2n) is 13.9. The summed E-state index contributed by atoms with van der Waals surface area (Å²) in [4.78, 5) is 26.7. The molecule has 0 amide bonds. The van der Waals surface area contributed by atoms with E-state index in [1.807, 2.05) is 77.4 Å². The maximum Gasteiger partial charge on any atom is 0.302 e. The molecular formula is C49H43N5O3. The predicted molar refractivity (Wildman–Crippen MR) is 224 cm³/mol. The van der Waals surface area contributed by atoms with E-state index < -0.39 is 11.1 Å². The number of rotatable bonds is 15. The van der Waals surface area contributed by atoms with Gasteiger partial charge in [-0.1, -0.05) is 182 Å². The average molecular weight is 750 g/mol. The van der Waals surface area contributed by atoms with E-state index in [4.69, 9.17) is 24.4 Å². The number of carbonyl (C=O) groups is 1. The summed E-state index contributed by atoms with van der Waals surface area (Å²) in [5.41, 5.74) is 5.54. The lowest BCUT2D eigenvalue weighted by Gasteiger charge is -2.37. The van der Waals surface area contributed by atoms with Crippen molar-refractivity contribution in [3.8, 4) is 0 Å². The van der Waals surface area contributed by atoms with Crippen molar-refractivity contribution in [1.29, 1.82) is 0 Å². The van der Waals surface area contributed by atoms with Gasteiger partial charge in [-0.25, -0.2) is 15.0 Å². The Morgan fingerprint density at radius 2 is 1.02 bits per heavy atom. The molecule has 8 aromatic rings. The fourth-order valence-corrected chi connectivity index (χ4v) is 7.80. The number of hydrogen-bond acceptors (Lipinski definition) is 7. The summed E-state index contributed by atoms with van der Waals surface area (Å²) < 4.78 is 14.9. The summed E-state index contributed by atoms with van der Waals surface area (Å²) >= 11 is 0. The van der Waals surface area contributed by atoms with Gasteiger partial charge in [0, 0.05) is 13.3 Å². The molecule has 0 radical (unpaired) electrons. The monoisotopic (exact) mass is 749 g/mol. The first-order valence-electron chi connectivity index (χ1n) is 19.2. The van der Waals surface area contributed by atoms with Gasteiger partial charge in [0.1, 0.15) is 23.0 Å². The molecule has 0 aliphatic carbocycles. The van der Waals surface area contributed by atoms with Gasteiger partial charge in [0.25, 0.3) is 0 Å². The fourth-order valence-electron chi connectivity index (χ4n) is 7.80. The first-order valence-corrected chi connectivity index (χ1v) is 19.2. The molecule has 57 heavy (non-hydrogen) atoms. The Balaban J connectivity index is 1.24. The highest BCUT2D eigenvalue weighted by Gasteiger charge is 2.40. The molecule has 2 aromatic heterocycles. The maximum absolute atomic E-state index is 12.0. The molecular weight excluding hydrogens is 707 g/mol. The Kier molecular flexibility index (Phi) is 11.0. The van der Waals surface area contributed by atoms with Crippen molar-refractivity contribution in [3.63, 3.8) is 0 Å². The predicted octanol–water partition coefficient (Wildman–Crippen LogP) is 9.73. The second kappa shape index (κ2) is 16.9. The average Bonchev–Trinajstić information content (AvgIpc) is 3.72. The zero-order valence-corrected chi connectivity index (χ0v) is 31.7. The minimum Gasteiger partial charge on any atom is -0.466 e. The van der Waals surface area contributed by atoms with Crippen LogP contribution in [0.15, 0.2) is 195 Å². The molecule has 0 aliphatic heterocycles. The Morgan fingerprint density at radius 1 is 0.596 bits per heavy atom. The standard InChI is InChI=1S/C49H43N5O3/c1-37(55)56-33-32-44(34-57-49(41-26-14-5-15-27-41,42-28-16-6-17-29-42)43-30-18-7-19-31-43)54-36-52-45-46(50-35-51-47(45)54)53-48(38-20-8-2-9-21-38,39-22-10-3-11-23-39)40-24-12-4-13-25-40/h2-31,35-36,44H,32-34H2,1H3,(H,50,51,53). The summed E-state index contributed by atoms with van der Waals surface area (Å²) in [6.45, 7) is 1.85. The molecule has 0 fully saturated rings. The van der Waals surface area contributed by atoms with Gasteiger partial charge in [-0.2, -0.15) is 0 Å². The number of anilines is 1. The number of esters is 1. The van der Waals surface area contributed by atoms with E-state index in [1.54, 1.807) is 12.7 Å². The molecule has 1 atom stereocenters. The van der Waals surface area contributed by atoms with E-state index in [9.17, 15) is 4.79 Å². The lowest BCUT2D eigenvalue weighted by Crippen LogP contribution is -2.38. The number of aromatic nitrogens is 4. The summed E-state index contributed by atoms with van der Waals surface area (Å²) in [6.07, 6.45) is 3.81. The van der Waals surface area contributed by atoms with Crippen LogP contribution in [0.5, 0.6) is 0 Å². The van der Waals surface area contributed by atoms with Crippen LogP contribution in [-0.4, -0.2) is 38.7 Å². The summed E-state index contributed by atoms with van der Waals surface area (Å²) in [5, 5.41) is 3.89. The zero-order chi connectivity index (χ0) is 38.9. The molecule has 8 rings (SSSR count). The number of nitrogens with zero attached hydrogens (tertiary/aromatic N) is 4.